The van der Waals surface area contributed by atoms with Gasteiger partial charge in [0.25, 0.3) is 0 Å². The van der Waals surface area contributed by atoms with Crippen molar-refractivity contribution in [1.82, 2.24) is 0 Å². The van der Waals surface area contributed by atoms with E-state index in [0.717, 1.165) is 12.3 Å². The molecule has 0 aliphatic carbocycles. The monoisotopic (exact) mass is 270 g/mol. The van der Waals surface area contributed by atoms with Crippen molar-refractivity contribution in [3.05, 3.63) is 0 Å². The fourth-order valence-corrected chi connectivity index (χ4v) is 2.16. The van der Waals surface area contributed by atoms with E-state index in [1.807, 2.05) is 6.92 Å². The van der Waals surface area contributed by atoms with Gasteiger partial charge in [-0.1, -0.05) is 47.0 Å². The van der Waals surface area contributed by atoms with Gasteiger partial charge in [-0.3, -0.25) is 9.59 Å². The summed E-state index contributed by atoms with van der Waals surface area (Å²) in [6.07, 6.45) is 4.74. The number of ether oxygens (including phenoxy) is 1. The third-order valence-electron chi connectivity index (χ3n) is 3.20. The average Bonchev–Trinajstić information content (AvgIpc) is 2.25. The molecular weight excluding hydrogens is 240 g/mol. The molecule has 0 aromatic carbocycles. The molecule has 0 amide bonds. The Morgan fingerprint density at radius 3 is 2.05 bits per heavy atom. The summed E-state index contributed by atoms with van der Waals surface area (Å²) in [7, 11) is 0. The molecule has 0 heterocycles. The van der Waals surface area contributed by atoms with Crippen LogP contribution in [0, 0.1) is 17.8 Å². The van der Waals surface area contributed by atoms with Gasteiger partial charge < -0.3 is 4.74 Å². The van der Waals surface area contributed by atoms with Crippen LogP contribution in [-0.2, 0) is 14.3 Å². The molecule has 0 aromatic heterocycles. The largest absolute Gasteiger partial charge is 0.466 e. The second kappa shape index (κ2) is 9.99. The molecule has 0 spiro atoms. The molecule has 0 aliphatic heterocycles. The average molecular weight is 270 g/mol. The molecule has 0 unspecified atom stereocenters. The molecule has 2 atom stereocenters. The van der Waals surface area contributed by atoms with E-state index in [1.165, 1.54) is 19.8 Å². The maximum Gasteiger partial charge on any atom is 0.302 e. The smallest absolute Gasteiger partial charge is 0.302 e. The Morgan fingerprint density at radius 2 is 1.53 bits per heavy atom. The highest BCUT2D eigenvalue weighted by atomic mass is 16.5. The van der Waals surface area contributed by atoms with E-state index in [0.29, 0.717) is 25.4 Å². The second-order valence-electron chi connectivity index (χ2n) is 6.28. The highest BCUT2D eigenvalue weighted by Gasteiger charge is 2.14. The van der Waals surface area contributed by atoms with Crippen LogP contribution >= 0.6 is 0 Å². The fourth-order valence-electron chi connectivity index (χ4n) is 2.16. The summed E-state index contributed by atoms with van der Waals surface area (Å²) in [5.74, 6) is 1.34. The predicted molar refractivity (Wildman–Crippen MR) is 77.9 cm³/mol. The summed E-state index contributed by atoms with van der Waals surface area (Å²) in [6, 6.07) is 0. The lowest BCUT2D eigenvalue weighted by molar-refractivity contribution is -0.142. The SMILES string of the molecule is CC(=O)OC[C@@H](C)CC(=O)C[C@H](C)CCCC(C)C. The van der Waals surface area contributed by atoms with Crippen molar-refractivity contribution in [2.45, 2.75) is 66.7 Å². The van der Waals surface area contributed by atoms with Crippen molar-refractivity contribution in [3.63, 3.8) is 0 Å². The van der Waals surface area contributed by atoms with Gasteiger partial charge in [0, 0.05) is 19.8 Å². The summed E-state index contributed by atoms with van der Waals surface area (Å²) in [6.45, 7) is 10.3. The number of Topliss-reactive ketones (excluding diaryl/α,β-unsaturated/α-hetero) is 1. The Morgan fingerprint density at radius 1 is 0.947 bits per heavy atom. The zero-order chi connectivity index (χ0) is 14.8. The number of esters is 1. The normalized spacial score (nSPS) is 14.2. The summed E-state index contributed by atoms with van der Waals surface area (Å²) in [4.78, 5) is 22.5. The van der Waals surface area contributed by atoms with E-state index in [9.17, 15) is 9.59 Å². The van der Waals surface area contributed by atoms with Crippen LogP contribution in [0.5, 0.6) is 0 Å². The number of hydrogen-bond acceptors (Lipinski definition) is 3. The summed E-state index contributed by atoms with van der Waals surface area (Å²) < 4.78 is 4.91. The van der Waals surface area contributed by atoms with Crippen LogP contribution in [0.3, 0.4) is 0 Å². The maximum absolute atomic E-state index is 11.9. The van der Waals surface area contributed by atoms with Gasteiger partial charge in [0.15, 0.2) is 0 Å². The van der Waals surface area contributed by atoms with Crippen molar-refractivity contribution >= 4 is 11.8 Å². The van der Waals surface area contributed by atoms with E-state index < -0.39 is 0 Å². The summed E-state index contributed by atoms with van der Waals surface area (Å²) >= 11 is 0. The molecule has 0 rings (SSSR count). The lowest BCUT2D eigenvalue weighted by atomic mass is 9.93. The van der Waals surface area contributed by atoms with Crippen molar-refractivity contribution in [2.24, 2.45) is 17.8 Å². The predicted octanol–water partition coefficient (Wildman–Crippen LogP) is 4.00. The van der Waals surface area contributed by atoms with Gasteiger partial charge in [-0.2, -0.15) is 0 Å². The Hall–Kier alpha value is -0.860. The number of carbonyl (C=O) groups excluding carboxylic acids is 2. The van der Waals surface area contributed by atoms with Crippen LogP contribution in [0.15, 0.2) is 0 Å². The Bertz CT molecular complexity index is 271. The Kier molecular flexibility index (Phi) is 9.54. The molecule has 0 N–H and O–H groups in total. The van der Waals surface area contributed by atoms with Gasteiger partial charge in [0.1, 0.15) is 5.78 Å². The first-order valence-corrected chi connectivity index (χ1v) is 7.46. The first-order valence-electron chi connectivity index (χ1n) is 7.46. The molecule has 0 aliphatic rings. The van der Waals surface area contributed by atoms with Crippen molar-refractivity contribution in [1.29, 1.82) is 0 Å². The minimum atomic E-state index is -0.277. The molecule has 19 heavy (non-hydrogen) atoms. The number of carbonyl (C=O) groups is 2. The quantitative estimate of drug-likeness (QED) is 0.564. The minimum Gasteiger partial charge on any atom is -0.466 e. The summed E-state index contributed by atoms with van der Waals surface area (Å²) in [5, 5.41) is 0. The first-order chi connectivity index (χ1) is 8.81. The standard InChI is InChI=1S/C16H30O3/c1-12(2)7-6-8-13(3)9-16(18)10-14(4)11-19-15(5)17/h12-14H,6-11H2,1-5H3/t13-,14+/m1/s1. The molecule has 0 saturated heterocycles. The van der Waals surface area contributed by atoms with Gasteiger partial charge in [0.05, 0.1) is 6.61 Å². The molecule has 0 fully saturated rings. The van der Waals surface area contributed by atoms with Gasteiger partial charge in [-0.05, 0) is 17.8 Å². The number of ketones is 1. The van der Waals surface area contributed by atoms with Crippen LogP contribution in [0.4, 0.5) is 0 Å². The van der Waals surface area contributed by atoms with Crippen LogP contribution < -0.4 is 0 Å². The van der Waals surface area contributed by atoms with Crippen molar-refractivity contribution in [2.75, 3.05) is 6.61 Å². The third kappa shape index (κ3) is 11.9. The van der Waals surface area contributed by atoms with Crippen LogP contribution in [0.25, 0.3) is 0 Å². The molecule has 0 saturated carbocycles. The molecule has 0 radical (unpaired) electrons. The van der Waals surface area contributed by atoms with Crippen LogP contribution in [0.1, 0.15) is 66.7 Å². The zero-order valence-corrected chi connectivity index (χ0v) is 13.2. The lowest BCUT2D eigenvalue weighted by Crippen LogP contribution is -2.15. The van der Waals surface area contributed by atoms with Gasteiger partial charge >= 0.3 is 5.97 Å². The van der Waals surface area contributed by atoms with E-state index in [-0.39, 0.29) is 17.7 Å². The minimum absolute atomic E-state index is 0.124. The number of rotatable bonds is 10. The molecule has 0 bridgehead atoms. The van der Waals surface area contributed by atoms with Crippen LogP contribution in [-0.4, -0.2) is 18.4 Å². The first kappa shape index (κ1) is 18.1. The van der Waals surface area contributed by atoms with Gasteiger partial charge in [-0.25, -0.2) is 0 Å². The van der Waals surface area contributed by atoms with Crippen molar-refractivity contribution in [3.8, 4) is 0 Å². The molecule has 3 nitrogen and oxygen atoms in total. The molecule has 0 aromatic rings. The molecule has 112 valence electrons. The van der Waals surface area contributed by atoms with E-state index in [1.54, 1.807) is 0 Å². The van der Waals surface area contributed by atoms with E-state index in [2.05, 4.69) is 20.8 Å². The third-order valence-corrected chi connectivity index (χ3v) is 3.20. The van der Waals surface area contributed by atoms with Crippen LogP contribution in [0.2, 0.25) is 0 Å². The molecular formula is C16H30O3. The van der Waals surface area contributed by atoms with Gasteiger partial charge in [0.2, 0.25) is 0 Å². The topological polar surface area (TPSA) is 43.4 Å². The van der Waals surface area contributed by atoms with Gasteiger partial charge in [-0.15, -0.1) is 0 Å². The van der Waals surface area contributed by atoms with E-state index in [4.69, 9.17) is 4.74 Å². The number of hydrogen-bond donors (Lipinski definition) is 0. The fraction of sp³-hybridized carbons (Fsp3) is 0.875. The second-order valence-corrected chi connectivity index (χ2v) is 6.28. The molecule has 3 heteroatoms. The Labute approximate surface area is 118 Å². The maximum atomic E-state index is 11.9. The highest BCUT2D eigenvalue weighted by molar-refractivity contribution is 5.78. The van der Waals surface area contributed by atoms with E-state index >= 15 is 0 Å². The Balaban J connectivity index is 3.74. The summed E-state index contributed by atoms with van der Waals surface area (Å²) in [5.41, 5.74) is 0. The van der Waals surface area contributed by atoms with Crippen molar-refractivity contribution < 1.29 is 14.3 Å². The zero-order valence-electron chi connectivity index (χ0n) is 13.2. The highest BCUT2D eigenvalue weighted by Crippen LogP contribution is 2.17. The lowest BCUT2D eigenvalue weighted by Gasteiger charge is -2.14.